The van der Waals surface area contributed by atoms with E-state index in [1.165, 1.54) is 27.1 Å². The Morgan fingerprint density at radius 2 is 2.04 bits per heavy atom. The van der Waals surface area contributed by atoms with Crippen LogP contribution in [0, 0.1) is 13.8 Å². The Balaban J connectivity index is 1.59. The summed E-state index contributed by atoms with van der Waals surface area (Å²) in [5.41, 5.74) is 3.48. The molecule has 4 aromatic rings. The van der Waals surface area contributed by atoms with Crippen molar-refractivity contribution in [3.8, 4) is 11.4 Å². The standard InChI is InChI=1S/C20H19N5S2/c1-11-12(2)26-16(23-11)10-22-19-17-14-6-3-7-15(14)27-20(17)25-18(24-19)13-5-4-8-21-9-13/h4-5,8-9H,3,6-7,10H2,1-2H3,(H,22,24,25). The Kier molecular flexibility index (Phi) is 4.13. The first-order chi connectivity index (χ1) is 13.2. The van der Waals surface area contributed by atoms with Crippen LogP contribution < -0.4 is 5.32 Å². The first-order valence-electron chi connectivity index (χ1n) is 9.08. The summed E-state index contributed by atoms with van der Waals surface area (Å²) in [4.78, 5) is 22.4. The molecule has 0 unspecified atom stereocenters. The largest absolute Gasteiger partial charge is 0.363 e. The summed E-state index contributed by atoms with van der Waals surface area (Å²) in [6, 6.07) is 3.93. The van der Waals surface area contributed by atoms with E-state index >= 15 is 0 Å². The third-order valence-corrected chi connectivity index (χ3v) is 7.22. The molecule has 136 valence electrons. The number of nitrogens with one attached hydrogen (secondary N) is 1. The van der Waals surface area contributed by atoms with Crippen molar-refractivity contribution in [1.29, 1.82) is 0 Å². The van der Waals surface area contributed by atoms with Crippen LogP contribution in [0.15, 0.2) is 24.5 Å². The molecule has 4 heterocycles. The predicted molar refractivity (Wildman–Crippen MR) is 112 cm³/mol. The normalized spacial score (nSPS) is 13.3. The highest BCUT2D eigenvalue weighted by atomic mass is 32.1. The average molecular weight is 394 g/mol. The van der Waals surface area contributed by atoms with Crippen molar-refractivity contribution in [2.45, 2.75) is 39.7 Å². The molecular formula is C20H19N5S2. The Bertz CT molecular complexity index is 1110. The van der Waals surface area contributed by atoms with Crippen LogP contribution in [-0.2, 0) is 19.4 Å². The van der Waals surface area contributed by atoms with Gasteiger partial charge in [-0.05, 0) is 50.8 Å². The zero-order chi connectivity index (χ0) is 18.4. The fourth-order valence-electron chi connectivity index (χ4n) is 3.52. The number of aryl methyl sites for hydroxylation is 4. The van der Waals surface area contributed by atoms with Gasteiger partial charge in [0.05, 0.1) is 17.6 Å². The molecule has 0 amide bonds. The summed E-state index contributed by atoms with van der Waals surface area (Å²) < 4.78 is 0. The first kappa shape index (κ1) is 16.8. The molecule has 0 saturated carbocycles. The van der Waals surface area contributed by atoms with Gasteiger partial charge in [0, 0.05) is 27.7 Å². The lowest BCUT2D eigenvalue weighted by molar-refractivity contribution is 0.917. The van der Waals surface area contributed by atoms with Gasteiger partial charge in [-0.2, -0.15) is 0 Å². The predicted octanol–water partition coefficient (Wildman–Crippen LogP) is 4.93. The van der Waals surface area contributed by atoms with E-state index < -0.39 is 0 Å². The van der Waals surface area contributed by atoms with Crippen molar-refractivity contribution in [1.82, 2.24) is 19.9 Å². The topological polar surface area (TPSA) is 63.6 Å². The number of aromatic nitrogens is 4. The molecule has 1 aliphatic carbocycles. The van der Waals surface area contributed by atoms with Gasteiger partial charge in [0.15, 0.2) is 5.82 Å². The van der Waals surface area contributed by atoms with Crippen LogP contribution in [0.3, 0.4) is 0 Å². The smallest absolute Gasteiger partial charge is 0.164 e. The van der Waals surface area contributed by atoms with Crippen molar-refractivity contribution >= 4 is 38.7 Å². The van der Waals surface area contributed by atoms with Crippen molar-refractivity contribution in [2.24, 2.45) is 0 Å². The van der Waals surface area contributed by atoms with E-state index in [2.05, 4.69) is 29.1 Å². The molecule has 5 rings (SSSR count). The third-order valence-electron chi connectivity index (χ3n) is 4.96. The number of hydrogen-bond acceptors (Lipinski definition) is 7. The lowest BCUT2D eigenvalue weighted by Gasteiger charge is -2.09. The maximum atomic E-state index is 4.89. The molecule has 0 radical (unpaired) electrons. The van der Waals surface area contributed by atoms with E-state index in [0.717, 1.165) is 45.6 Å². The van der Waals surface area contributed by atoms with Gasteiger partial charge in [-0.1, -0.05) is 0 Å². The van der Waals surface area contributed by atoms with Gasteiger partial charge in [0.25, 0.3) is 0 Å². The molecule has 0 aromatic carbocycles. The van der Waals surface area contributed by atoms with Gasteiger partial charge in [-0.25, -0.2) is 15.0 Å². The maximum absolute atomic E-state index is 4.89. The van der Waals surface area contributed by atoms with Crippen LogP contribution in [0.25, 0.3) is 21.6 Å². The van der Waals surface area contributed by atoms with Gasteiger partial charge >= 0.3 is 0 Å². The zero-order valence-electron chi connectivity index (χ0n) is 15.2. The van der Waals surface area contributed by atoms with Crippen LogP contribution in [-0.4, -0.2) is 19.9 Å². The van der Waals surface area contributed by atoms with Gasteiger partial charge < -0.3 is 5.32 Å². The summed E-state index contributed by atoms with van der Waals surface area (Å²) in [6.45, 7) is 4.86. The molecule has 1 aliphatic rings. The molecular weight excluding hydrogens is 374 g/mol. The van der Waals surface area contributed by atoms with Gasteiger partial charge in [-0.15, -0.1) is 22.7 Å². The maximum Gasteiger partial charge on any atom is 0.164 e. The number of thiophene rings is 1. The molecule has 27 heavy (non-hydrogen) atoms. The highest BCUT2D eigenvalue weighted by Crippen LogP contribution is 2.40. The second-order valence-electron chi connectivity index (χ2n) is 6.78. The summed E-state index contributed by atoms with van der Waals surface area (Å²) in [7, 11) is 0. The van der Waals surface area contributed by atoms with E-state index in [0.29, 0.717) is 6.54 Å². The number of thiazole rings is 1. The van der Waals surface area contributed by atoms with E-state index in [9.17, 15) is 0 Å². The van der Waals surface area contributed by atoms with Gasteiger partial charge in [-0.3, -0.25) is 4.98 Å². The minimum absolute atomic E-state index is 0.683. The summed E-state index contributed by atoms with van der Waals surface area (Å²) in [5, 5.41) is 5.84. The summed E-state index contributed by atoms with van der Waals surface area (Å²) in [6.07, 6.45) is 7.09. The van der Waals surface area contributed by atoms with Crippen molar-refractivity contribution < 1.29 is 0 Å². The van der Waals surface area contributed by atoms with Gasteiger partial charge in [0.2, 0.25) is 0 Å². The lowest BCUT2D eigenvalue weighted by Crippen LogP contribution is -2.04. The van der Waals surface area contributed by atoms with Crippen molar-refractivity contribution in [3.63, 3.8) is 0 Å². The highest BCUT2D eigenvalue weighted by molar-refractivity contribution is 7.19. The van der Waals surface area contributed by atoms with Crippen LogP contribution in [0.5, 0.6) is 0 Å². The number of hydrogen-bond donors (Lipinski definition) is 1. The van der Waals surface area contributed by atoms with Crippen LogP contribution in [0.4, 0.5) is 5.82 Å². The first-order valence-corrected chi connectivity index (χ1v) is 10.7. The molecule has 5 nitrogen and oxygen atoms in total. The molecule has 0 atom stereocenters. The molecule has 1 N–H and O–H groups in total. The van der Waals surface area contributed by atoms with E-state index in [1.54, 1.807) is 17.5 Å². The number of rotatable bonds is 4. The Morgan fingerprint density at radius 3 is 2.81 bits per heavy atom. The number of anilines is 1. The number of fused-ring (bicyclic) bond motifs is 3. The fourth-order valence-corrected chi connectivity index (χ4v) is 5.66. The SMILES string of the molecule is Cc1nc(CNc2nc(-c3cccnc3)nc3sc4c(c23)CCC4)sc1C. The quantitative estimate of drug-likeness (QED) is 0.533. The van der Waals surface area contributed by atoms with E-state index in [4.69, 9.17) is 9.97 Å². The Morgan fingerprint density at radius 1 is 1.11 bits per heavy atom. The molecule has 7 heteroatoms. The number of nitrogens with zero attached hydrogens (tertiary/aromatic N) is 4. The van der Waals surface area contributed by atoms with Crippen LogP contribution in [0.1, 0.15) is 32.4 Å². The lowest BCUT2D eigenvalue weighted by atomic mass is 10.2. The second-order valence-corrected chi connectivity index (χ2v) is 9.15. The van der Waals surface area contributed by atoms with Gasteiger partial charge in [0.1, 0.15) is 15.7 Å². The van der Waals surface area contributed by atoms with Crippen LogP contribution >= 0.6 is 22.7 Å². The minimum atomic E-state index is 0.683. The molecule has 0 saturated heterocycles. The summed E-state index contributed by atoms with van der Waals surface area (Å²) in [5.74, 6) is 1.65. The Labute approximate surface area is 165 Å². The Hall–Kier alpha value is -2.38. The summed E-state index contributed by atoms with van der Waals surface area (Å²) >= 11 is 3.56. The molecule has 4 aromatic heterocycles. The minimum Gasteiger partial charge on any atom is -0.363 e. The zero-order valence-corrected chi connectivity index (χ0v) is 16.9. The van der Waals surface area contributed by atoms with Crippen molar-refractivity contribution in [3.05, 3.63) is 50.5 Å². The van der Waals surface area contributed by atoms with E-state index in [1.807, 2.05) is 29.7 Å². The monoisotopic (exact) mass is 393 g/mol. The average Bonchev–Trinajstić information content (AvgIpc) is 3.35. The molecule has 0 spiro atoms. The number of pyridine rings is 1. The van der Waals surface area contributed by atoms with Crippen LogP contribution in [0.2, 0.25) is 0 Å². The molecule has 0 aliphatic heterocycles. The second kappa shape index (κ2) is 6.65. The molecule has 0 bridgehead atoms. The third kappa shape index (κ3) is 3.00. The highest BCUT2D eigenvalue weighted by Gasteiger charge is 2.23. The van der Waals surface area contributed by atoms with Crippen molar-refractivity contribution in [2.75, 3.05) is 5.32 Å². The van der Waals surface area contributed by atoms with E-state index in [-0.39, 0.29) is 0 Å². The molecule has 0 fully saturated rings. The fraction of sp³-hybridized carbons (Fsp3) is 0.300.